The fraction of sp³-hybridized carbons (Fsp3) is 0.409. The molecule has 3 rings (SSSR count). The third-order valence-electron chi connectivity index (χ3n) is 5.74. The van der Waals surface area contributed by atoms with E-state index in [1.54, 1.807) is 0 Å². The summed E-state index contributed by atoms with van der Waals surface area (Å²) in [7, 11) is 0. The highest BCUT2D eigenvalue weighted by Gasteiger charge is 2.52. The summed E-state index contributed by atoms with van der Waals surface area (Å²) in [5.41, 5.74) is 6.30. The Labute approximate surface area is 144 Å². The van der Waals surface area contributed by atoms with E-state index in [4.69, 9.17) is 4.74 Å². The van der Waals surface area contributed by atoms with Gasteiger partial charge in [0.05, 0.1) is 0 Å². The minimum atomic E-state index is -0.688. The summed E-state index contributed by atoms with van der Waals surface area (Å²) in [6, 6.07) is 12.5. The van der Waals surface area contributed by atoms with Crippen molar-refractivity contribution < 1.29 is 9.53 Å². The van der Waals surface area contributed by atoms with E-state index in [9.17, 15) is 4.79 Å². The van der Waals surface area contributed by atoms with Crippen molar-refractivity contribution in [2.45, 2.75) is 59.0 Å². The Morgan fingerprint density at radius 2 is 1.46 bits per heavy atom. The molecule has 1 atom stereocenters. The summed E-state index contributed by atoms with van der Waals surface area (Å²) in [6.07, 6.45) is 1.55. The lowest BCUT2D eigenvalue weighted by Crippen LogP contribution is -2.35. The van der Waals surface area contributed by atoms with E-state index in [2.05, 4.69) is 71.0 Å². The molecule has 1 aliphatic rings. The highest BCUT2D eigenvalue weighted by molar-refractivity contribution is 5.91. The first kappa shape index (κ1) is 16.8. The lowest BCUT2D eigenvalue weighted by molar-refractivity contribution is -0.144. The van der Waals surface area contributed by atoms with Gasteiger partial charge in [-0.3, -0.25) is 4.79 Å². The maximum atomic E-state index is 13.2. The lowest BCUT2D eigenvalue weighted by atomic mass is 9.68. The molecule has 1 fully saturated rings. The van der Waals surface area contributed by atoms with Crippen molar-refractivity contribution in [1.29, 1.82) is 0 Å². The lowest BCUT2D eigenvalue weighted by Gasteiger charge is -2.30. The SMILES string of the molecule is CCC1CC(c2cccc(C)c2C)(c2cccc(C)c2C)C(=O)O1. The van der Waals surface area contributed by atoms with Gasteiger partial charge in [-0.2, -0.15) is 0 Å². The van der Waals surface area contributed by atoms with Crippen molar-refractivity contribution >= 4 is 5.97 Å². The monoisotopic (exact) mass is 322 g/mol. The number of benzene rings is 2. The van der Waals surface area contributed by atoms with Gasteiger partial charge in [0.1, 0.15) is 11.5 Å². The average molecular weight is 322 g/mol. The number of carbonyl (C=O) groups excluding carboxylic acids is 1. The number of rotatable bonds is 3. The van der Waals surface area contributed by atoms with Gasteiger partial charge in [0.2, 0.25) is 0 Å². The minimum absolute atomic E-state index is 0.0164. The molecule has 0 spiro atoms. The molecular formula is C22H26O2. The topological polar surface area (TPSA) is 26.3 Å². The van der Waals surface area contributed by atoms with Crippen LogP contribution in [-0.4, -0.2) is 12.1 Å². The van der Waals surface area contributed by atoms with E-state index in [0.717, 1.165) is 24.0 Å². The Morgan fingerprint density at radius 3 is 1.88 bits per heavy atom. The summed E-state index contributed by atoms with van der Waals surface area (Å²) in [4.78, 5) is 13.2. The molecular weight excluding hydrogens is 296 g/mol. The molecule has 2 aromatic carbocycles. The zero-order valence-corrected chi connectivity index (χ0v) is 15.3. The smallest absolute Gasteiger partial charge is 0.321 e. The van der Waals surface area contributed by atoms with Crippen molar-refractivity contribution in [2.75, 3.05) is 0 Å². The maximum absolute atomic E-state index is 13.2. The summed E-state index contributed by atoms with van der Waals surface area (Å²) < 4.78 is 5.79. The van der Waals surface area contributed by atoms with E-state index in [0.29, 0.717) is 0 Å². The van der Waals surface area contributed by atoms with Gasteiger partial charge >= 0.3 is 5.97 Å². The summed E-state index contributed by atoms with van der Waals surface area (Å²) in [6.45, 7) is 10.5. The zero-order chi connectivity index (χ0) is 17.5. The van der Waals surface area contributed by atoms with Crippen LogP contribution in [0.4, 0.5) is 0 Å². The molecule has 2 aromatic rings. The number of hydrogen-bond donors (Lipinski definition) is 0. The first-order valence-corrected chi connectivity index (χ1v) is 8.76. The molecule has 0 bridgehead atoms. The molecule has 2 nitrogen and oxygen atoms in total. The van der Waals surface area contributed by atoms with Gasteiger partial charge in [-0.15, -0.1) is 0 Å². The molecule has 0 saturated carbocycles. The number of esters is 1. The Morgan fingerprint density at radius 1 is 0.958 bits per heavy atom. The molecule has 0 N–H and O–H groups in total. The number of cyclic esters (lactones) is 1. The van der Waals surface area contributed by atoms with Crippen LogP contribution in [0, 0.1) is 27.7 Å². The average Bonchev–Trinajstić information content (AvgIpc) is 2.90. The Bertz CT molecular complexity index is 737. The van der Waals surface area contributed by atoms with Crippen LogP contribution < -0.4 is 0 Å². The Hall–Kier alpha value is -2.09. The highest BCUT2D eigenvalue weighted by atomic mass is 16.6. The van der Waals surface area contributed by atoms with Crippen LogP contribution in [0.15, 0.2) is 36.4 Å². The van der Waals surface area contributed by atoms with Crippen LogP contribution in [-0.2, 0) is 14.9 Å². The fourth-order valence-corrected chi connectivity index (χ4v) is 3.96. The highest BCUT2D eigenvalue weighted by Crippen LogP contribution is 2.47. The second-order valence-corrected chi connectivity index (χ2v) is 7.04. The first-order chi connectivity index (χ1) is 11.4. The van der Waals surface area contributed by atoms with Crippen LogP contribution >= 0.6 is 0 Å². The fourth-order valence-electron chi connectivity index (χ4n) is 3.96. The van der Waals surface area contributed by atoms with Gasteiger partial charge in [0.25, 0.3) is 0 Å². The molecule has 0 aromatic heterocycles. The van der Waals surface area contributed by atoms with Gasteiger partial charge in [0, 0.05) is 6.42 Å². The van der Waals surface area contributed by atoms with Crippen molar-refractivity contribution in [3.05, 3.63) is 69.8 Å². The molecule has 0 aliphatic carbocycles. The zero-order valence-electron chi connectivity index (χ0n) is 15.3. The molecule has 1 saturated heterocycles. The Balaban J connectivity index is 2.33. The van der Waals surface area contributed by atoms with Crippen LogP contribution in [0.5, 0.6) is 0 Å². The first-order valence-electron chi connectivity index (χ1n) is 8.76. The third kappa shape index (κ3) is 2.36. The van der Waals surface area contributed by atoms with Crippen LogP contribution in [0.25, 0.3) is 0 Å². The molecule has 24 heavy (non-hydrogen) atoms. The van der Waals surface area contributed by atoms with Gasteiger partial charge < -0.3 is 4.74 Å². The van der Waals surface area contributed by atoms with E-state index in [1.807, 2.05) is 0 Å². The number of carbonyl (C=O) groups is 1. The maximum Gasteiger partial charge on any atom is 0.321 e. The molecule has 1 unspecified atom stereocenters. The molecule has 1 aliphatic heterocycles. The van der Waals surface area contributed by atoms with E-state index < -0.39 is 5.41 Å². The van der Waals surface area contributed by atoms with E-state index >= 15 is 0 Å². The Kier molecular flexibility index (Phi) is 4.25. The summed E-state index contributed by atoms with van der Waals surface area (Å²) in [5.74, 6) is -0.100. The van der Waals surface area contributed by atoms with Crippen molar-refractivity contribution in [2.24, 2.45) is 0 Å². The van der Waals surface area contributed by atoms with Crippen LogP contribution in [0.1, 0.15) is 53.1 Å². The number of aryl methyl sites for hydroxylation is 2. The quantitative estimate of drug-likeness (QED) is 0.749. The van der Waals surface area contributed by atoms with Crippen LogP contribution in [0.3, 0.4) is 0 Å². The van der Waals surface area contributed by atoms with Gasteiger partial charge in [0.15, 0.2) is 0 Å². The molecule has 0 amide bonds. The van der Waals surface area contributed by atoms with Crippen molar-refractivity contribution in [3.63, 3.8) is 0 Å². The second-order valence-electron chi connectivity index (χ2n) is 7.04. The van der Waals surface area contributed by atoms with Gasteiger partial charge in [-0.05, 0) is 67.5 Å². The predicted octanol–water partition coefficient (Wildman–Crippen LogP) is 4.93. The van der Waals surface area contributed by atoms with Crippen molar-refractivity contribution in [3.8, 4) is 0 Å². The van der Waals surface area contributed by atoms with Crippen molar-refractivity contribution in [1.82, 2.24) is 0 Å². The molecule has 126 valence electrons. The summed E-state index contributed by atoms with van der Waals surface area (Å²) >= 11 is 0. The number of hydrogen-bond acceptors (Lipinski definition) is 2. The van der Waals surface area contributed by atoms with Gasteiger partial charge in [-0.1, -0.05) is 43.3 Å². The standard InChI is InChI=1S/C22H26O2/c1-6-18-13-22(21(23)24-18,19-11-7-9-14(2)16(19)4)20-12-8-10-15(3)17(20)5/h7-12,18H,6,13H2,1-5H3. The molecule has 0 radical (unpaired) electrons. The predicted molar refractivity (Wildman–Crippen MR) is 97.4 cm³/mol. The second kappa shape index (κ2) is 6.08. The number of ether oxygens (including phenoxy) is 1. The minimum Gasteiger partial charge on any atom is -0.461 e. The summed E-state index contributed by atoms with van der Waals surface area (Å²) in [5, 5.41) is 0. The van der Waals surface area contributed by atoms with Crippen LogP contribution in [0.2, 0.25) is 0 Å². The van der Waals surface area contributed by atoms with E-state index in [1.165, 1.54) is 22.3 Å². The normalized spacial score (nSPS) is 19.4. The van der Waals surface area contributed by atoms with Gasteiger partial charge in [-0.25, -0.2) is 0 Å². The molecule has 2 heteroatoms. The largest absolute Gasteiger partial charge is 0.461 e. The van der Waals surface area contributed by atoms with E-state index in [-0.39, 0.29) is 12.1 Å². The third-order valence-corrected chi connectivity index (χ3v) is 5.74. The molecule has 1 heterocycles.